The molecular weight excluding hydrogens is 140 g/mol. The average molecular weight is 156 g/mol. The van der Waals surface area contributed by atoms with Crippen LogP contribution in [-0.4, -0.2) is 25.5 Å². The van der Waals surface area contributed by atoms with Gasteiger partial charge in [-0.25, -0.2) is 0 Å². The molecule has 0 saturated carbocycles. The molecular formula is C8H16N2O. The van der Waals surface area contributed by atoms with E-state index in [1.165, 1.54) is 6.42 Å². The Morgan fingerprint density at radius 1 is 1.00 bits per heavy atom. The quantitative estimate of drug-likeness (QED) is 0.528. The van der Waals surface area contributed by atoms with Crippen LogP contribution in [0.1, 0.15) is 25.7 Å². The minimum absolute atomic E-state index is 0.203. The standard InChI is InChI=1S/C8H16N2O/c11-8-4-3-6-9-5-1-2-7-10-8/h9H,1-7H2,(H,10,11). The van der Waals surface area contributed by atoms with Gasteiger partial charge in [0.15, 0.2) is 0 Å². The molecule has 1 rings (SSSR count). The fourth-order valence-electron chi connectivity index (χ4n) is 1.19. The van der Waals surface area contributed by atoms with Gasteiger partial charge < -0.3 is 10.6 Å². The van der Waals surface area contributed by atoms with Crippen LogP contribution in [0.3, 0.4) is 0 Å². The minimum Gasteiger partial charge on any atom is -0.356 e. The third kappa shape index (κ3) is 3.98. The summed E-state index contributed by atoms with van der Waals surface area (Å²) in [6.45, 7) is 2.92. The molecule has 0 atom stereocenters. The Balaban J connectivity index is 2.17. The van der Waals surface area contributed by atoms with Gasteiger partial charge in [-0.2, -0.15) is 0 Å². The summed E-state index contributed by atoms with van der Waals surface area (Å²) in [5.74, 6) is 0.203. The molecule has 1 aliphatic heterocycles. The third-order valence-electron chi connectivity index (χ3n) is 1.86. The molecule has 0 radical (unpaired) electrons. The van der Waals surface area contributed by atoms with Gasteiger partial charge in [0.05, 0.1) is 0 Å². The van der Waals surface area contributed by atoms with Crippen molar-refractivity contribution >= 4 is 5.91 Å². The number of nitrogens with one attached hydrogen (secondary N) is 2. The number of carbonyl (C=O) groups is 1. The molecule has 0 aromatic carbocycles. The second kappa shape index (κ2) is 5.13. The zero-order valence-electron chi connectivity index (χ0n) is 6.86. The monoisotopic (exact) mass is 156 g/mol. The largest absolute Gasteiger partial charge is 0.356 e. The van der Waals surface area contributed by atoms with Crippen LogP contribution >= 0.6 is 0 Å². The highest BCUT2D eigenvalue weighted by molar-refractivity contribution is 5.75. The number of amides is 1. The third-order valence-corrected chi connectivity index (χ3v) is 1.86. The van der Waals surface area contributed by atoms with E-state index in [9.17, 15) is 4.79 Å². The molecule has 2 N–H and O–H groups in total. The van der Waals surface area contributed by atoms with E-state index >= 15 is 0 Å². The highest BCUT2D eigenvalue weighted by Gasteiger charge is 2.01. The molecule has 3 nitrogen and oxygen atoms in total. The first-order valence-electron chi connectivity index (χ1n) is 4.37. The molecule has 11 heavy (non-hydrogen) atoms. The molecule has 0 bridgehead atoms. The van der Waals surface area contributed by atoms with Gasteiger partial charge in [0.2, 0.25) is 5.91 Å². The molecule has 0 aromatic rings. The first kappa shape index (κ1) is 8.53. The summed E-state index contributed by atoms with van der Waals surface area (Å²) in [6, 6.07) is 0. The fraction of sp³-hybridized carbons (Fsp3) is 0.875. The van der Waals surface area contributed by atoms with Gasteiger partial charge in [0, 0.05) is 13.0 Å². The molecule has 64 valence electrons. The van der Waals surface area contributed by atoms with E-state index in [2.05, 4.69) is 10.6 Å². The summed E-state index contributed by atoms with van der Waals surface area (Å²) in [6.07, 6.45) is 3.90. The van der Waals surface area contributed by atoms with Crippen molar-refractivity contribution in [3.63, 3.8) is 0 Å². The summed E-state index contributed by atoms with van der Waals surface area (Å²) in [5.41, 5.74) is 0. The summed E-state index contributed by atoms with van der Waals surface area (Å²) in [4.78, 5) is 11.0. The van der Waals surface area contributed by atoms with E-state index in [1.807, 2.05) is 0 Å². The smallest absolute Gasteiger partial charge is 0.220 e. The first-order chi connectivity index (χ1) is 5.39. The van der Waals surface area contributed by atoms with Crippen molar-refractivity contribution in [2.75, 3.05) is 19.6 Å². The lowest BCUT2D eigenvalue weighted by Crippen LogP contribution is -2.28. The van der Waals surface area contributed by atoms with E-state index < -0.39 is 0 Å². The van der Waals surface area contributed by atoms with E-state index in [0.29, 0.717) is 6.42 Å². The molecule has 1 saturated heterocycles. The van der Waals surface area contributed by atoms with Crippen molar-refractivity contribution in [2.45, 2.75) is 25.7 Å². The van der Waals surface area contributed by atoms with Gasteiger partial charge >= 0.3 is 0 Å². The van der Waals surface area contributed by atoms with Gasteiger partial charge in [-0.1, -0.05) is 0 Å². The van der Waals surface area contributed by atoms with E-state index in [4.69, 9.17) is 0 Å². The molecule has 1 aliphatic rings. The summed E-state index contributed by atoms with van der Waals surface area (Å²) in [7, 11) is 0. The minimum atomic E-state index is 0.203. The van der Waals surface area contributed by atoms with Crippen molar-refractivity contribution in [2.24, 2.45) is 0 Å². The second-order valence-corrected chi connectivity index (χ2v) is 2.91. The van der Waals surface area contributed by atoms with Crippen LogP contribution in [0.15, 0.2) is 0 Å². The predicted octanol–water partition coefficient (Wildman–Crippen LogP) is 0.266. The Morgan fingerprint density at radius 2 is 1.73 bits per heavy atom. The van der Waals surface area contributed by atoms with Crippen LogP contribution in [0, 0.1) is 0 Å². The molecule has 1 heterocycles. The van der Waals surface area contributed by atoms with E-state index in [1.54, 1.807) is 0 Å². The Kier molecular flexibility index (Phi) is 3.98. The fourth-order valence-corrected chi connectivity index (χ4v) is 1.19. The van der Waals surface area contributed by atoms with Crippen molar-refractivity contribution in [1.29, 1.82) is 0 Å². The lowest BCUT2D eigenvalue weighted by atomic mass is 10.2. The van der Waals surface area contributed by atoms with Crippen molar-refractivity contribution < 1.29 is 4.79 Å². The van der Waals surface area contributed by atoms with Crippen molar-refractivity contribution in [3.8, 4) is 0 Å². The highest BCUT2D eigenvalue weighted by atomic mass is 16.1. The lowest BCUT2D eigenvalue weighted by molar-refractivity contribution is -0.121. The van der Waals surface area contributed by atoms with Crippen LogP contribution in [0.5, 0.6) is 0 Å². The van der Waals surface area contributed by atoms with Crippen molar-refractivity contribution in [3.05, 3.63) is 0 Å². The summed E-state index contributed by atoms with van der Waals surface area (Å²) in [5, 5.41) is 6.18. The molecule has 0 aromatic heterocycles. The van der Waals surface area contributed by atoms with E-state index in [-0.39, 0.29) is 5.91 Å². The second-order valence-electron chi connectivity index (χ2n) is 2.91. The number of hydrogen-bond acceptors (Lipinski definition) is 2. The van der Waals surface area contributed by atoms with Crippen LogP contribution < -0.4 is 10.6 Å². The molecule has 0 aliphatic carbocycles. The molecule has 0 unspecified atom stereocenters. The van der Waals surface area contributed by atoms with Crippen LogP contribution in [-0.2, 0) is 4.79 Å². The molecule has 1 fully saturated rings. The maximum Gasteiger partial charge on any atom is 0.220 e. The maximum absolute atomic E-state index is 11.0. The zero-order valence-corrected chi connectivity index (χ0v) is 6.86. The Bertz CT molecular complexity index is 113. The molecule has 3 heteroatoms. The zero-order chi connectivity index (χ0) is 7.94. The van der Waals surface area contributed by atoms with Gasteiger partial charge in [0.25, 0.3) is 0 Å². The lowest BCUT2D eigenvalue weighted by Gasteiger charge is -2.09. The topological polar surface area (TPSA) is 41.1 Å². The van der Waals surface area contributed by atoms with Crippen LogP contribution in [0.25, 0.3) is 0 Å². The Labute approximate surface area is 67.5 Å². The van der Waals surface area contributed by atoms with Crippen LogP contribution in [0.4, 0.5) is 0 Å². The van der Waals surface area contributed by atoms with Gasteiger partial charge in [-0.3, -0.25) is 4.79 Å². The summed E-state index contributed by atoms with van der Waals surface area (Å²) < 4.78 is 0. The molecule has 1 amide bonds. The normalized spacial score (nSPS) is 22.4. The summed E-state index contributed by atoms with van der Waals surface area (Å²) >= 11 is 0. The van der Waals surface area contributed by atoms with Gasteiger partial charge in [0.1, 0.15) is 0 Å². The highest BCUT2D eigenvalue weighted by Crippen LogP contribution is 1.92. The Morgan fingerprint density at radius 3 is 2.64 bits per heavy atom. The van der Waals surface area contributed by atoms with Gasteiger partial charge in [-0.15, -0.1) is 0 Å². The average Bonchev–Trinajstić information content (AvgIpc) is 2.03. The number of rotatable bonds is 0. The SMILES string of the molecule is O=C1CCCNCCCCN1. The maximum atomic E-state index is 11.0. The predicted molar refractivity (Wildman–Crippen MR) is 44.3 cm³/mol. The number of hydrogen-bond donors (Lipinski definition) is 2. The first-order valence-corrected chi connectivity index (χ1v) is 4.37. The van der Waals surface area contributed by atoms with Crippen LogP contribution in [0.2, 0.25) is 0 Å². The molecule has 0 spiro atoms. The van der Waals surface area contributed by atoms with Gasteiger partial charge in [-0.05, 0) is 32.4 Å². The number of carbonyl (C=O) groups excluding carboxylic acids is 1. The van der Waals surface area contributed by atoms with Crippen molar-refractivity contribution in [1.82, 2.24) is 10.6 Å². The Hall–Kier alpha value is -0.570. The van der Waals surface area contributed by atoms with E-state index in [0.717, 1.165) is 32.5 Å².